The van der Waals surface area contributed by atoms with E-state index in [0.717, 1.165) is 38.2 Å². The van der Waals surface area contributed by atoms with E-state index < -0.39 is 0 Å². The first-order valence-corrected chi connectivity index (χ1v) is 6.84. The SMILES string of the molecule is CCNC(CCN(C)CCOC)c1ccccc1F. The third kappa shape index (κ3) is 5.68. The number of halogens is 1. The van der Waals surface area contributed by atoms with Crippen molar-refractivity contribution in [1.82, 2.24) is 10.2 Å². The van der Waals surface area contributed by atoms with Gasteiger partial charge in [0.25, 0.3) is 0 Å². The van der Waals surface area contributed by atoms with E-state index in [0.29, 0.717) is 0 Å². The molecule has 0 saturated carbocycles. The Kier molecular flexibility index (Phi) is 7.63. The van der Waals surface area contributed by atoms with Crippen LogP contribution in [0.1, 0.15) is 24.9 Å². The molecule has 1 unspecified atom stereocenters. The second-order valence-corrected chi connectivity index (χ2v) is 4.72. The van der Waals surface area contributed by atoms with Gasteiger partial charge in [0.05, 0.1) is 6.61 Å². The van der Waals surface area contributed by atoms with Crippen molar-refractivity contribution in [3.63, 3.8) is 0 Å². The summed E-state index contributed by atoms with van der Waals surface area (Å²) in [5.41, 5.74) is 0.754. The fraction of sp³-hybridized carbons (Fsp3) is 0.600. The normalized spacial score (nSPS) is 12.9. The highest BCUT2D eigenvalue weighted by atomic mass is 19.1. The summed E-state index contributed by atoms with van der Waals surface area (Å²) in [4.78, 5) is 2.20. The number of hydrogen-bond donors (Lipinski definition) is 1. The van der Waals surface area contributed by atoms with Crippen LogP contribution in [-0.4, -0.2) is 45.3 Å². The summed E-state index contributed by atoms with van der Waals surface area (Å²) in [6, 6.07) is 7.06. The van der Waals surface area contributed by atoms with Crippen LogP contribution in [0.3, 0.4) is 0 Å². The van der Waals surface area contributed by atoms with Gasteiger partial charge in [-0.2, -0.15) is 0 Å². The van der Waals surface area contributed by atoms with E-state index in [9.17, 15) is 4.39 Å². The van der Waals surface area contributed by atoms with Gasteiger partial charge in [-0.3, -0.25) is 0 Å². The van der Waals surface area contributed by atoms with Gasteiger partial charge in [-0.1, -0.05) is 25.1 Å². The van der Waals surface area contributed by atoms with Crippen molar-refractivity contribution in [2.45, 2.75) is 19.4 Å². The highest BCUT2D eigenvalue weighted by molar-refractivity contribution is 5.21. The number of nitrogens with zero attached hydrogens (tertiary/aromatic N) is 1. The molecule has 0 aliphatic carbocycles. The number of hydrogen-bond acceptors (Lipinski definition) is 3. The zero-order valence-corrected chi connectivity index (χ0v) is 12.2. The minimum Gasteiger partial charge on any atom is -0.383 e. The Morgan fingerprint density at radius 2 is 2.05 bits per heavy atom. The predicted molar refractivity (Wildman–Crippen MR) is 76.8 cm³/mol. The second-order valence-electron chi connectivity index (χ2n) is 4.72. The summed E-state index contributed by atoms with van der Waals surface area (Å²) in [6.45, 7) is 5.41. The van der Waals surface area contributed by atoms with Crippen LogP contribution in [0.2, 0.25) is 0 Å². The molecule has 19 heavy (non-hydrogen) atoms. The van der Waals surface area contributed by atoms with Gasteiger partial charge in [-0.15, -0.1) is 0 Å². The maximum atomic E-state index is 13.8. The van der Waals surface area contributed by atoms with E-state index in [2.05, 4.69) is 17.3 Å². The maximum absolute atomic E-state index is 13.8. The predicted octanol–water partition coefficient (Wildman–Crippen LogP) is 2.44. The molecule has 0 spiro atoms. The fourth-order valence-electron chi connectivity index (χ4n) is 2.08. The van der Waals surface area contributed by atoms with Gasteiger partial charge in [0.15, 0.2) is 0 Å². The smallest absolute Gasteiger partial charge is 0.127 e. The first kappa shape index (κ1) is 16.1. The maximum Gasteiger partial charge on any atom is 0.127 e. The van der Waals surface area contributed by atoms with Crippen molar-refractivity contribution in [2.75, 3.05) is 40.4 Å². The highest BCUT2D eigenvalue weighted by Crippen LogP contribution is 2.20. The summed E-state index contributed by atoms with van der Waals surface area (Å²) in [5.74, 6) is -0.131. The molecular formula is C15H25FN2O. The summed E-state index contributed by atoms with van der Waals surface area (Å²) in [6.07, 6.45) is 0.884. The van der Waals surface area contributed by atoms with Crippen LogP contribution < -0.4 is 5.32 Å². The van der Waals surface area contributed by atoms with Crippen LogP contribution >= 0.6 is 0 Å². The van der Waals surface area contributed by atoms with Crippen molar-refractivity contribution < 1.29 is 9.13 Å². The van der Waals surface area contributed by atoms with Crippen molar-refractivity contribution in [2.24, 2.45) is 0 Å². The zero-order valence-electron chi connectivity index (χ0n) is 12.2. The summed E-state index contributed by atoms with van der Waals surface area (Å²) in [7, 11) is 3.76. The van der Waals surface area contributed by atoms with E-state index in [4.69, 9.17) is 4.74 Å². The number of rotatable bonds is 9. The molecule has 0 aromatic heterocycles. The van der Waals surface area contributed by atoms with Gasteiger partial charge in [0.1, 0.15) is 5.82 Å². The first-order valence-electron chi connectivity index (χ1n) is 6.84. The number of benzene rings is 1. The third-order valence-corrected chi connectivity index (χ3v) is 3.21. The molecule has 1 N–H and O–H groups in total. The summed E-state index contributed by atoms with van der Waals surface area (Å²) in [5, 5.41) is 3.35. The lowest BCUT2D eigenvalue weighted by Crippen LogP contribution is -2.29. The van der Waals surface area contributed by atoms with Crippen LogP contribution in [0.25, 0.3) is 0 Å². The molecule has 0 fully saturated rings. The van der Waals surface area contributed by atoms with Crippen LogP contribution in [0.4, 0.5) is 4.39 Å². The minimum atomic E-state index is -0.131. The van der Waals surface area contributed by atoms with Gasteiger partial charge in [0, 0.05) is 25.3 Å². The van der Waals surface area contributed by atoms with Gasteiger partial charge in [-0.05, 0) is 32.6 Å². The molecule has 0 aliphatic heterocycles. The van der Waals surface area contributed by atoms with E-state index in [1.807, 2.05) is 19.1 Å². The van der Waals surface area contributed by atoms with Crippen molar-refractivity contribution in [1.29, 1.82) is 0 Å². The summed E-state index contributed by atoms with van der Waals surface area (Å²) >= 11 is 0. The fourth-order valence-corrected chi connectivity index (χ4v) is 2.08. The number of likely N-dealkylation sites (N-methyl/N-ethyl adjacent to an activating group) is 1. The lowest BCUT2D eigenvalue weighted by atomic mass is 10.0. The molecule has 0 radical (unpaired) electrons. The van der Waals surface area contributed by atoms with Crippen molar-refractivity contribution >= 4 is 0 Å². The molecule has 3 nitrogen and oxygen atoms in total. The molecule has 0 heterocycles. The molecule has 108 valence electrons. The van der Waals surface area contributed by atoms with Crippen LogP contribution in [0.5, 0.6) is 0 Å². The Balaban J connectivity index is 2.56. The Morgan fingerprint density at radius 3 is 2.68 bits per heavy atom. The Hall–Kier alpha value is -0.970. The van der Waals surface area contributed by atoms with Crippen LogP contribution in [-0.2, 0) is 4.74 Å². The lowest BCUT2D eigenvalue weighted by Gasteiger charge is -2.23. The summed E-state index contributed by atoms with van der Waals surface area (Å²) < 4.78 is 18.9. The largest absolute Gasteiger partial charge is 0.383 e. The van der Waals surface area contributed by atoms with E-state index >= 15 is 0 Å². The molecule has 1 atom stereocenters. The van der Waals surface area contributed by atoms with Gasteiger partial charge >= 0.3 is 0 Å². The molecule has 0 aliphatic rings. The first-order chi connectivity index (χ1) is 9.19. The van der Waals surface area contributed by atoms with E-state index in [1.54, 1.807) is 13.2 Å². The quantitative estimate of drug-likeness (QED) is 0.744. The average Bonchev–Trinajstić information content (AvgIpc) is 2.42. The van der Waals surface area contributed by atoms with E-state index in [-0.39, 0.29) is 11.9 Å². The number of nitrogens with one attached hydrogen (secondary N) is 1. The number of methoxy groups -OCH3 is 1. The van der Waals surface area contributed by atoms with Gasteiger partial charge in [-0.25, -0.2) is 4.39 Å². The zero-order chi connectivity index (χ0) is 14.1. The average molecular weight is 268 g/mol. The molecule has 0 amide bonds. The lowest BCUT2D eigenvalue weighted by molar-refractivity contribution is 0.158. The van der Waals surface area contributed by atoms with Gasteiger partial charge in [0.2, 0.25) is 0 Å². The molecule has 0 bridgehead atoms. The minimum absolute atomic E-state index is 0.0659. The van der Waals surface area contributed by atoms with Gasteiger partial charge < -0.3 is 15.0 Å². The Morgan fingerprint density at radius 1 is 1.32 bits per heavy atom. The standard InChI is InChI=1S/C15H25FN2O/c1-4-17-15(9-10-18(2)11-12-19-3)13-7-5-6-8-14(13)16/h5-8,15,17H,4,9-12H2,1-3H3. The molecule has 1 aromatic carbocycles. The second kappa shape index (κ2) is 9.02. The van der Waals surface area contributed by atoms with Crippen molar-refractivity contribution in [3.05, 3.63) is 35.6 Å². The monoisotopic (exact) mass is 268 g/mol. The van der Waals surface area contributed by atoms with Crippen LogP contribution in [0, 0.1) is 5.82 Å². The van der Waals surface area contributed by atoms with Crippen molar-refractivity contribution in [3.8, 4) is 0 Å². The molecule has 1 rings (SSSR count). The Labute approximate surface area is 115 Å². The molecule has 0 saturated heterocycles. The van der Waals surface area contributed by atoms with E-state index in [1.165, 1.54) is 6.07 Å². The molecular weight excluding hydrogens is 243 g/mol. The third-order valence-electron chi connectivity index (χ3n) is 3.21. The Bertz CT molecular complexity index is 360. The molecule has 1 aromatic rings. The highest BCUT2D eigenvalue weighted by Gasteiger charge is 2.14. The van der Waals surface area contributed by atoms with Crippen LogP contribution in [0.15, 0.2) is 24.3 Å². The topological polar surface area (TPSA) is 24.5 Å². The molecule has 4 heteroatoms. The number of ether oxygens (including phenoxy) is 1.